The van der Waals surface area contributed by atoms with Gasteiger partial charge in [0.2, 0.25) is 5.91 Å². The number of anilines is 2. The number of halogens is 1. The molecule has 0 atom stereocenters. The van der Waals surface area contributed by atoms with Crippen LogP contribution in [-0.4, -0.2) is 57.1 Å². The fourth-order valence-electron chi connectivity index (χ4n) is 4.03. The van der Waals surface area contributed by atoms with E-state index < -0.39 is 27.9 Å². The van der Waals surface area contributed by atoms with Crippen molar-refractivity contribution in [3.05, 3.63) is 59.6 Å². The van der Waals surface area contributed by atoms with Crippen LogP contribution in [0.5, 0.6) is 0 Å². The smallest absolute Gasteiger partial charge is 1.00 e. The second kappa shape index (κ2) is 16.2. The summed E-state index contributed by atoms with van der Waals surface area (Å²) in [5.41, 5.74) is 1.37. The van der Waals surface area contributed by atoms with Gasteiger partial charge in [-0.1, -0.05) is 29.8 Å². The van der Waals surface area contributed by atoms with E-state index in [1.54, 1.807) is 24.3 Å². The number of hydrogen-bond acceptors (Lipinski definition) is 6. The van der Waals surface area contributed by atoms with Crippen molar-refractivity contribution in [1.29, 1.82) is 0 Å². The third-order valence-electron chi connectivity index (χ3n) is 5.96. The first-order chi connectivity index (χ1) is 17.2. The summed E-state index contributed by atoms with van der Waals surface area (Å²) < 4.78 is 41.1. The molecule has 0 radical (unpaired) electrons. The van der Waals surface area contributed by atoms with Crippen LogP contribution in [0.15, 0.2) is 54.6 Å². The number of nitrogens with zero attached hydrogens (tertiary/aromatic N) is 1. The number of benzene rings is 2. The maximum Gasteiger partial charge on any atom is 1.00 e. The van der Waals surface area contributed by atoms with E-state index in [1.165, 1.54) is 4.90 Å². The summed E-state index contributed by atoms with van der Waals surface area (Å²) in [7, 11) is -4.10. The molecule has 3 rings (SSSR count). The third-order valence-corrected chi connectivity index (χ3v) is 6.93. The van der Waals surface area contributed by atoms with Crippen LogP contribution < -0.4 is 61.6 Å². The number of hydrogen-bond donors (Lipinski definition) is 2. The topological polar surface area (TPSA) is 122 Å². The fourth-order valence-corrected chi connectivity index (χ4v) is 4.52. The zero-order valence-electron chi connectivity index (χ0n) is 21.8. The van der Waals surface area contributed by atoms with Crippen molar-refractivity contribution in [2.75, 3.05) is 37.0 Å². The van der Waals surface area contributed by atoms with Crippen LogP contribution in [0.2, 0.25) is 5.02 Å². The molecule has 0 unspecified atom stereocenters. The average molecular weight is 579 g/mol. The maximum absolute atomic E-state index is 13.0. The Kier molecular flexibility index (Phi) is 14.1. The van der Waals surface area contributed by atoms with E-state index in [0.29, 0.717) is 35.5 Å². The van der Waals surface area contributed by atoms with Crippen molar-refractivity contribution < 1.29 is 84.8 Å². The molecule has 37 heavy (non-hydrogen) atoms. The number of nitrogens with one attached hydrogen (secondary N) is 1. The number of amides is 2. The normalized spacial score (nSPS) is 17.4. The molecular weight excluding hydrogens is 547 g/mol. The van der Waals surface area contributed by atoms with Gasteiger partial charge in [-0.05, 0) is 73.9 Å². The van der Waals surface area contributed by atoms with E-state index in [1.807, 2.05) is 30.3 Å². The summed E-state index contributed by atoms with van der Waals surface area (Å²) in [6.07, 6.45) is 3.11. The Bertz CT molecular complexity index is 1100. The molecule has 1 aliphatic carbocycles. The van der Waals surface area contributed by atoms with Crippen molar-refractivity contribution in [1.82, 2.24) is 5.32 Å². The third kappa shape index (κ3) is 11.7. The number of rotatable bonds is 11. The van der Waals surface area contributed by atoms with Gasteiger partial charge in [0.1, 0.15) is 6.61 Å². The number of ether oxygens (including phenoxy) is 2. The molecule has 12 heteroatoms. The van der Waals surface area contributed by atoms with E-state index in [4.69, 9.17) is 25.6 Å². The molecule has 2 aromatic rings. The minimum atomic E-state index is -4.10. The predicted molar refractivity (Wildman–Crippen MR) is 138 cm³/mol. The molecule has 2 N–H and O–H groups in total. The molecule has 1 aliphatic rings. The van der Waals surface area contributed by atoms with Crippen molar-refractivity contribution >= 4 is 45.1 Å². The molecule has 0 aromatic heterocycles. The van der Waals surface area contributed by atoms with E-state index in [2.05, 4.69) is 5.32 Å². The fraction of sp³-hybridized carbons (Fsp3) is 0.440. The van der Waals surface area contributed by atoms with Gasteiger partial charge in [-0.15, -0.1) is 0 Å². The van der Waals surface area contributed by atoms with Gasteiger partial charge >= 0.3 is 57.5 Å². The first-order valence-corrected chi connectivity index (χ1v) is 13.8. The van der Waals surface area contributed by atoms with Crippen LogP contribution in [0.1, 0.15) is 27.1 Å². The summed E-state index contributed by atoms with van der Waals surface area (Å²) >= 11 is 6.01. The molecular formula is C25H32ClKN2O7S. The van der Waals surface area contributed by atoms with E-state index in [0.717, 1.165) is 25.7 Å². The van der Waals surface area contributed by atoms with Crippen molar-refractivity contribution in [2.24, 2.45) is 11.8 Å². The zero-order valence-corrected chi connectivity index (χ0v) is 25.5. The second-order valence-corrected chi connectivity index (χ2v) is 10.8. The van der Waals surface area contributed by atoms with Crippen LogP contribution in [0, 0.1) is 11.8 Å². The molecule has 9 nitrogen and oxygen atoms in total. The predicted octanol–water partition coefficient (Wildman–Crippen LogP) is 1.56. The Morgan fingerprint density at radius 3 is 2.14 bits per heavy atom. The first-order valence-electron chi connectivity index (χ1n) is 11.8. The van der Waals surface area contributed by atoms with Crippen LogP contribution in [0.4, 0.5) is 16.2 Å². The number of para-hydroxylation sites is 1. The number of carbonyl (C=O) groups excluding carboxylic acids is 2. The zero-order chi connectivity index (χ0) is 26.0. The average Bonchev–Trinajstić information content (AvgIpc) is 2.85. The largest absolute Gasteiger partial charge is 1.00 e. The molecule has 2 amide bonds. The second-order valence-electron chi connectivity index (χ2n) is 8.76. The summed E-state index contributed by atoms with van der Waals surface area (Å²) in [4.78, 5) is 26.2. The van der Waals surface area contributed by atoms with Gasteiger partial charge in [0.25, 0.3) is 10.1 Å². The molecule has 0 saturated heterocycles. The van der Waals surface area contributed by atoms with Crippen LogP contribution >= 0.6 is 11.6 Å². The monoisotopic (exact) mass is 578 g/mol. The van der Waals surface area contributed by atoms with E-state index in [9.17, 15) is 18.0 Å². The van der Waals surface area contributed by atoms with Gasteiger partial charge in [0, 0.05) is 11.6 Å². The summed E-state index contributed by atoms with van der Waals surface area (Å²) in [5, 5.41) is 2.97. The summed E-state index contributed by atoms with van der Waals surface area (Å²) in [5.74, 6) is -0.409. The Morgan fingerprint density at radius 2 is 1.54 bits per heavy atom. The summed E-state index contributed by atoms with van der Waals surface area (Å²) in [6.45, 7) is 0.420. The molecule has 0 spiro atoms. The van der Waals surface area contributed by atoms with E-state index >= 15 is 0 Å². The standard InChI is InChI=1S/C25H31ClN2O7S.K.H/c26-21-10-12-23(13-11-21)28(22-4-2-1-3-5-22)25(30)35-17-20-8-6-19(7-9-20)16-34-18-24(29)27-14-15-36(31,32)33;;/h1-5,10-13,19-20H,6-9,14-18H2,(H,27,29)(H,31,32,33);;/q;+1;-1. The van der Waals surface area contributed by atoms with Gasteiger partial charge in [-0.25, -0.2) is 9.69 Å². The minimum absolute atomic E-state index is 0. The SMILES string of the molecule is O=C(COCC1CCC(COC(=O)N(c2ccccc2)c2ccc(Cl)cc2)CC1)NCCS(=O)(=O)O.[H-].[K+]. The van der Waals surface area contributed by atoms with Gasteiger partial charge < -0.3 is 16.2 Å². The molecule has 0 bridgehead atoms. The van der Waals surface area contributed by atoms with Crippen LogP contribution in [0.3, 0.4) is 0 Å². The van der Waals surface area contributed by atoms with Gasteiger partial charge in [-0.2, -0.15) is 8.42 Å². The molecule has 2 aromatic carbocycles. The van der Waals surface area contributed by atoms with Crippen molar-refractivity contribution in [3.8, 4) is 0 Å². The van der Waals surface area contributed by atoms with Crippen LogP contribution in [-0.2, 0) is 24.4 Å². The Labute approximate surface area is 266 Å². The maximum atomic E-state index is 13.0. The molecule has 0 heterocycles. The van der Waals surface area contributed by atoms with Gasteiger partial charge in [0.05, 0.1) is 30.3 Å². The molecule has 0 aliphatic heterocycles. The Morgan fingerprint density at radius 1 is 0.973 bits per heavy atom. The minimum Gasteiger partial charge on any atom is -1.00 e. The van der Waals surface area contributed by atoms with Crippen LogP contribution in [0.25, 0.3) is 0 Å². The Hall–Kier alpha value is -1.02. The molecule has 198 valence electrons. The Balaban J connectivity index is 0.00000361. The van der Waals surface area contributed by atoms with Gasteiger partial charge in [0.15, 0.2) is 0 Å². The van der Waals surface area contributed by atoms with Crippen molar-refractivity contribution in [2.45, 2.75) is 25.7 Å². The number of carbonyl (C=O) groups is 2. The van der Waals surface area contributed by atoms with Gasteiger partial charge in [-0.3, -0.25) is 9.35 Å². The van der Waals surface area contributed by atoms with Crippen molar-refractivity contribution in [3.63, 3.8) is 0 Å². The quantitative estimate of drug-likeness (QED) is 0.306. The first kappa shape index (κ1) is 32.2. The molecule has 1 saturated carbocycles. The summed E-state index contributed by atoms with van der Waals surface area (Å²) in [6, 6.07) is 16.3. The van der Waals surface area contributed by atoms with E-state index in [-0.39, 0.29) is 71.9 Å². The molecule has 1 fully saturated rings.